The molecule has 3 heteroatoms. The predicted molar refractivity (Wildman–Crippen MR) is 118 cm³/mol. The Balaban J connectivity index is 3.17. The number of esters is 1. The summed E-state index contributed by atoms with van der Waals surface area (Å²) in [5.74, 6) is -0.0349. The lowest BCUT2D eigenvalue weighted by Gasteiger charge is -2.16. The maximum Gasteiger partial charge on any atom is 0.307 e. The third-order valence-electron chi connectivity index (χ3n) is 5.54. The summed E-state index contributed by atoms with van der Waals surface area (Å²) in [5.41, 5.74) is 0. The zero-order chi connectivity index (χ0) is 20.0. The number of hydrogen-bond acceptors (Lipinski definition) is 3. The van der Waals surface area contributed by atoms with Crippen LogP contribution in [-0.2, 0) is 9.53 Å². The van der Waals surface area contributed by atoms with Crippen LogP contribution in [0.5, 0.6) is 0 Å². The van der Waals surface area contributed by atoms with Crippen molar-refractivity contribution in [3.63, 3.8) is 0 Å². The molecule has 0 amide bonds. The van der Waals surface area contributed by atoms with Crippen LogP contribution in [0.3, 0.4) is 0 Å². The number of unbranched alkanes of at least 4 members (excludes halogenated alkanes) is 14. The molecule has 0 aromatic rings. The molecule has 0 bridgehead atoms. The van der Waals surface area contributed by atoms with Gasteiger partial charge in [-0.2, -0.15) is 0 Å². The molecule has 27 heavy (non-hydrogen) atoms. The molecule has 0 rings (SSSR count). The number of ether oxygens (including phenoxy) is 1. The molecule has 0 aromatic carbocycles. The summed E-state index contributed by atoms with van der Waals surface area (Å²) in [7, 11) is 0. The molecule has 0 aliphatic rings. The third kappa shape index (κ3) is 20.0. The SMILES string of the molecule is CCCCCCCCCCCCCCCCCOC(=O)CCN(CC)CC. The minimum absolute atomic E-state index is 0.0349. The van der Waals surface area contributed by atoms with Crippen molar-refractivity contribution in [1.82, 2.24) is 4.90 Å². The Kier molecular flexibility index (Phi) is 21.3. The maximum atomic E-state index is 11.7. The van der Waals surface area contributed by atoms with Crippen molar-refractivity contribution in [2.75, 3.05) is 26.2 Å². The van der Waals surface area contributed by atoms with E-state index >= 15 is 0 Å². The number of hydrogen-bond donors (Lipinski definition) is 0. The van der Waals surface area contributed by atoms with Crippen molar-refractivity contribution >= 4 is 5.97 Å². The summed E-state index contributed by atoms with van der Waals surface area (Å²) in [6.07, 6.45) is 21.0. The summed E-state index contributed by atoms with van der Waals surface area (Å²) < 4.78 is 5.33. The van der Waals surface area contributed by atoms with Gasteiger partial charge in [-0.05, 0) is 19.5 Å². The quantitative estimate of drug-likeness (QED) is 0.156. The van der Waals surface area contributed by atoms with E-state index in [2.05, 4.69) is 25.7 Å². The minimum atomic E-state index is -0.0349. The second-order valence-electron chi connectivity index (χ2n) is 7.95. The average Bonchev–Trinajstić information content (AvgIpc) is 2.68. The lowest BCUT2D eigenvalue weighted by molar-refractivity contribution is -0.144. The molecule has 0 N–H and O–H groups in total. The second kappa shape index (κ2) is 21.7. The van der Waals surface area contributed by atoms with Crippen LogP contribution in [0.15, 0.2) is 0 Å². The summed E-state index contributed by atoms with van der Waals surface area (Å²) in [6, 6.07) is 0. The van der Waals surface area contributed by atoms with Crippen LogP contribution in [-0.4, -0.2) is 37.1 Å². The van der Waals surface area contributed by atoms with Crippen molar-refractivity contribution in [1.29, 1.82) is 0 Å². The van der Waals surface area contributed by atoms with Gasteiger partial charge in [-0.1, -0.05) is 111 Å². The molecule has 0 unspecified atom stereocenters. The molecular weight excluding hydrogens is 334 g/mol. The largest absolute Gasteiger partial charge is 0.466 e. The number of nitrogens with zero attached hydrogens (tertiary/aromatic N) is 1. The molecule has 0 aliphatic carbocycles. The van der Waals surface area contributed by atoms with E-state index in [-0.39, 0.29) is 5.97 Å². The number of carbonyl (C=O) groups excluding carboxylic acids is 1. The fraction of sp³-hybridized carbons (Fsp3) is 0.958. The predicted octanol–water partition coefficient (Wildman–Crippen LogP) is 7.13. The smallest absolute Gasteiger partial charge is 0.307 e. The third-order valence-corrected chi connectivity index (χ3v) is 5.54. The van der Waals surface area contributed by atoms with Crippen LogP contribution in [0.4, 0.5) is 0 Å². The Morgan fingerprint density at radius 3 is 1.44 bits per heavy atom. The van der Waals surface area contributed by atoms with Crippen molar-refractivity contribution in [2.45, 2.75) is 124 Å². The zero-order valence-corrected chi connectivity index (χ0v) is 18.9. The number of carbonyl (C=O) groups is 1. The Hall–Kier alpha value is -0.570. The lowest BCUT2D eigenvalue weighted by atomic mass is 10.0. The molecule has 0 atom stereocenters. The monoisotopic (exact) mass is 383 g/mol. The fourth-order valence-electron chi connectivity index (χ4n) is 3.52. The Morgan fingerprint density at radius 2 is 1.04 bits per heavy atom. The van der Waals surface area contributed by atoms with Gasteiger partial charge in [-0.15, -0.1) is 0 Å². The van der Waals surface area contributed by atoms with Crippen LogP contribution in [0.2, 0.25) is 0 Å². The maximum absolute atomic E-state index is 11.7. The Labute approximate surface area is 170 Å². The molecule has 0 aliphatic heterocycles. The van der Waals surface area contributed by atoms with E-state index in [1.54, 1.807) is 0 Å². The van der Waals surface area contributed by atoms with Gasteiger partial charge in [0.15, 0.2) is 0 Å². The van der Waals surface area contributed by atoms with Crippen molar-refractivity contribution in [2.24, 2.45) is 0 Å². The normalized spacial score (nSPS) is 11.3. The van der Waals surface area contributed by atoms with E-state index in [4.69, 9.17) is 4.74 Å². The highest BCUT2D eigenvalue weighted by molar-refractivity contribution is 5.69. The van der Waals surface area contributed by atoms with Gasteiger partial charge in [-0.25, -0.2) is 0 Å². The number of rotatable bonds is 21. The first-order chi connectivity index (χ1) is 13.2. The molecule has 0 fully saturated rings. The minimum Gasteiger partial charge on any atom is -0.466 e. The van der Waals surface area contributed by atoms with Crippen molar-refractivity contribution < 1.29 is 9.53 Å². The van der Waals surface area contributed by atoms with Crippen LogP contribution >= 0.6 is 0 Å². The van der Waals surface area contributed by atoms with Gasteiger partial charge in [0.25, 0.3) is 0 Å². The van der Waals surface area contributed by atoms with Gasteiger partial charge in [0, 0.05) is 6.54 Å². The first-order valence-corrected chi connectivity index (χ1v) is 12.1. The zero-order valence-electron chi connectivity index (χ0n) is 18.9. The fourth-order valence-corrected chi connectivity index (χ4v) is 3.52. The van der Waals surface area contributed by atoms with Crippen molar-refractivity contribution in [3.05, 3.63) is 0 Å². The Bertz CT molecular complexity index is 303. The molecular formula is C24H49NO2. The van der Waals surface area contributed by atoms with Gasteiger partial charge < -0.3 is 9.64 Å². The molecule has 162 valence electrons. The first-order valence-electron chi connectivity index (χ1n) is 12.1. The van der Waals surface area contributed by atoms with Crippen molar-refractivity contribution in [3.8, 4) is 0 Å². The first kappa shape index (κ1) is 26.4. The van der Waals surface area contributed by atoms with Crippen LogP contribution in [0.25, 0.3) is 0 Å². The average molecular weight is 384 g/mol. The van der Waals surface area contributed by atoms with Gasteiger partial charge >= 0.3 is 5.97 Å². The Morgan fingerprint density at radius 1 is 0.630 bits per heavy atom. The molecule has 0 spiro atoms. The highest BCUT2D eigenvalue weighted by Crippen LogP contribution is 2.13. The molecule has 0 heterocycles. The standard InChI is InChI=1S/C24H49NO2/c1-4-7-8-9-10-11-12-13-14-15-16-17-18-19-20-23-27-24(26)21-22-25(5-2)6-3/h4-23H2,1-3H3. The van der Waals surface area contributed by atoms with E-state index in [0.29, 0.717) is 13.0 Å². The van der Waals surface area contributed by atoms with E-state index in [0.717, 1.165) is 26.1 Å². The van der Waals surface area contributed by atoms with Crippen LogP contribution < -0.4 is 0 Å². The van der Waals surface area contributed by atoms with Gasteiger partial charge in [-0.3, -0.25) is 4.79 Å². The van der Waals surface area contributed by atoms with Crippen LogP contribution in [0, 0.1) is 0 Å². The molecule has 0 saturated heterocycles. The van der Waals surface area contributed by atoms with E-state index < -0.39 is 0 Å². The van der Waals surface area contributed by atoms with E-state index in [1.165, 1.54) is 89.9 Å². The summed E-state index contributed by atoms with van der Waals surface area (Å²) in [6.45, 7) is 9.98. The van der Waals surface area contributed by atoms with Gasteiger partial charge in [0.05, 0.1) is 13.0 Å². The van der Waals surface area contributed by atoms with E-state index in [1.807, 2.05) is 0 Å². The summed E-state index contributed by atoms with van der Waals surface area (Å²) >= 11 is 0. The second-order valence-corrected chi connectivity index (χ2v) is 7.95. The summed E-state index contributed by atoms with van der Waals surface area (Å²) in [4.78, 5) is 13.9. The highest BCUT2D eigenvalue weighted by Gasteiger charge is 2.06. The lowest BCUT2D eigenvalue weighted by Crippen LogP contribution is -2.26. The molecule has 0 aromatic heterocycles. The molecule has 3 nitrogen and oxygen atoms in total. The highest BCUT2D eigenvalue weighted by atomic mass is 16.5. The molecule has 0 radical (unpaired) electrons. The van der Waals surface area contributed by atoms with Gasteiger partial charge in [0.2, 0.25) is 0 Å². The summed E-state index contributed by atoms with van der Waals surface area (Å²) in [5, 5.41) is 0. The van der Waals surface area contributed by atoms with Crippen LogP contribution in [0.1, 0.15) is 124 Å². The van der Waals surface area contributed by atoms with E-state index in [9.17, 15) is 4.79 Å². The van der Waals surface area contributed by atoms with Gasteiger partial charge in [0.1, 0.15) is 0 Å². The topological polar surface area (TPSA) is 29.5 Å². The molecule has 0 saturated carbocycles.